The van der Waals surface area contributed by atoms with Crippen molar-refractivity contribution in [3.05, 3.63) is 0 Å². The van der Waals surface area contributed by atoms with Crippen molar-refractivity contribution in [2.45, 2.75) is 44.1 Å². The molecule has 3 fully saturated rings. The summed E-state index contributed by atoms with van der Waals surface area (Å²) in [7, 11) is 0. The third-order valence-corrected chi connectivity index (χ3v) is 4.90. The quantitative estimate of drug-likeness (QED) is 0.723. The predicted octanol–water partition coefficient (Wildman–Crippen LogP) is 1.60. The molecule has 0 aromatic heterocycles. The van der Waals surface area contributed by atoms with Gasteiger partial charge in [0.1, 0.15) is 0 Å². The summed E-state index contributed by atoms with van der Waals surface area (Å²) in [5.74, 6) is 2.03. The van der Waals surface area contributed by atoms with Crippen LogP contribution in [0.2, 0.25) is 0 Å². The van der Waals surface area contributed by atoms with Crippen molar-refractivity contribution < 1.29 is 0 Å². The van der Waals surface area contributed by atoms with E-state index in [0.717, 1.165) is 18.4 Å². The van der Waals surface area contributed by atoms with Crippen LogP contribution in [-0.2, 0) is 0 Å². The SMILES string of the molecule is NCC1(N2CCCCC2)CCC2CC21. The lowest BCUT2D eigenvalue weighted by atomic mass is 9.88. The molecule has 3 atom stereocenters. The lowest BCUT2D eigenvalue weighted by Gasteiger charge is -2.44. The average molecular weight is 194 g/mol. The first kappa shape index (κ1) is 9.17. The van der Waals surface area contributed by atoms with Crippen molar-refractivity contribution in [3.63, 3.8) is 0 Å². The van der Waals surface area contributed by atoms with Gasteiger partial charge in [-0.3, -0.25) is 4.90 Å². The molecule has 2 heteroatoms. The Labute approximate surface area is 86.8 Å². The van der Waals surface area contributed by atoms with E-state index in [4.69, 9.17) is 5.73 Å². The Hall–Kier alpha value is -0.0800. The van der Waals surface area contributed by atoms with Crippen LogP contribution in [0.15, 0.2) is 0 Å². The van der Waals surface area contributed by atoms with Crippen molar-refractivity contribution in [2.24, 2.45) is 17.6 Å². The second kappa shape index (κ2) is 3.21. The average Bonchev–Trinajstić information content (AvgIpc) is 2.95. The minimum absolute atomic E-state index is 0.449. The zero-order valence-electron chi connectivity index (χ0n) is 9.04. The van der Waals surface area contributed by atoms with Gasteiger partial charge in [0.2, 0.25) is 0 Å². The lowest BCUT2D eigenvalue weighted by molar-refractivity contribution is 0.0592. The largest absolute Gasteiger partial charge is 0.329 e. The highest BCUT2D eigenvalue weighted by molar-refractivity contribution is 5.13. The summed E-state index contributed by atoms with van der Waals surface area (Å²) in [4.78, 5) is 2.74. The van der Waals surface area contributed by atoms with Crippen LogP contribution < -0.4 is 5.73 Å². The third kappa shape index (κ3) is 1.17. The number of hydrogen-bond acceptors (Lipinski definition) is 2. The summed E-state index contributed by atoms with van der Waals surface area (Å²) >= 11 is 0. The minimum Gasteiger partial charge on any atom is -0.329 e. The number of hydrogen-bond donors (Lipinski definition) is 1. The molecule has 3 aliphatic rings. The van der Waals surface area contributed by atoms with Gasteiger partial charge in [0.05, 0.1) is 0 Å². The summed E-state index contributed by atoms with van der Waals surface area (Å²) in [6, 6.07) is 0. The summed E-state index contributed by atoms with van der Waals surface area (Å²) in [5.41, 5.74) is 6.52. The molecule has 0 radical (unpaired) electrons. The first-order chi connectivity index (χ1) is 6.87. The smallest absolute Gasteiger partial charge is 0.0362 e. The van der Waals surface area contributed by atoms with E-state index >= 15 is 0 Å². The van der Waals surface area contributed by atoms with E-state index < -0.39 is 0 Å². The molecule has 0 aromatic rings. The zero-order chi connectivity index (χ0) is 9.60. The Morgan fingerprint density at radius 1 is 1.21 bits per heavy atom. The molecule has 2 nitrogen and oxygen atoms in total. The van der Waals surface area contributed by atoms with Crippen LogP contribution in [0.4, 0.5) is 0 Å². The fourth-order valence-electron chi connectivity index (χ4n) is 3.96. The van der Waals surface area contributed by atoms with Crippen LogP contribution in [0.25, 0.3) is 0 Å². The normalized spacial score (nSPS) is 47.8. The number of piperidine rings is 1. The van der Waals surface area contributed by atoms with Gasteiger partial charge in [-0.05, 0) is 57.0 Å². The van der Waals surface area contributed by atoms with E-state index in [0.29, 0.717) is 5.54 Å². The van der Waals surface area contributed by atoms with Gasteiger partial charge in [0, 0.05) is 12.1 Å². The van der Waals surface area contributed by atoms with E-state index in [9.17, 15) is 0 Å². The first-order valence-corrected chi connectivity index (χ1v) is 6.32. The summed E-state index contributed by atoms with van der Waals surface area (Å²) in [6.45, 7) is 3.55. The molecule has 0 spiro atoms. The molecule has 80 valence electrons. The second-order valence-electron chi connectivity index (χ2n) is 5.50. The second-order valence-corrected chi connectivity index (χ2v) is 5.50. The molecule has 0 aromatic carbocycles. The number of nitrogens with two attached hydrogens (primary N) is 1. The highest BCUT2D eigenvalue weighted by atomic mass is 15.2. The van der Waals surface area contributed by atoms with E-state index in [2.05, 4.69) is 4.90 Å². The van der Waals surface area contributed by atoms with Crippen molar-refractivity contribution in [2.75, 3.05) is 19.6 Å². The Bertz CT molecular complexity index is 222. The van der Waals surface area contributed by atoms with Gasteiger partial charge < -0.3 is 5.73 Å². The molecule has 0 bridgehead atoms. The van der Waals surface area contributed by atoms with E-state index in [1.165, 1.54) is 51.6 Å². The number of rotatable bonds is 2. The van der Waals surface area contributed by atoms with E-state index in [1.54, 1.807) is 0 Å². The van der Waals surface area contributed by atoms with Crippen molar-refractivity contribution >= 4 is 0 Å². The van der Waals surface area contributed by atoms with Crippen LogP contribution in [0, 0.1) is 11.8 Å². The maximum absolute atomic E-state index is 6.08. The molecule has 2 N–H and O–H groups in total. The summed E-state index contributed by atoms with van der Waals surface area (Å²) in [5, 5.41) is 0. The van der Waals surface area contributed by atoms with Gasteiger partial charge in [-0.1, -0.05) is 6.42 Å². The molecule has 3 unspecified atom stereocenters. The van der Waals surface area contributed by atoms with Crippen LogP contribution in [0.3, 0.4) is 0 Å². The van der Waals surface area contributed by atoms with Gasteiger partial charge in [-0.15, -0.1) is 0 Å². The molecule has 3 rings (SSSR count). The molecule has 2 saturated carbocycles. The van der Waals surface area contributed by atoms with Crippen LogP contribution in [-0.4, -0.2) is 30.1 Å². The van der Waals surface area contributed by atoms with Crippen LogP contribution in [0.5, 0.6) is 0 Å². The number of likely N-dealkylation sites (tertiary alicyclic amines) is 1. The maximum Gasteiger partial charge on any atom is 0.0362 e. The number of fused-ring (bicyclic) bond motifs is 1. The number of nitrogens with zero attached hydrogens (tertiary/aromatic N) is 1. The Morgan fingerprint density at radius 2 is 2.00 bits per heavy atom. The van der Waals surface area contributed by atoms with Crippen molar-refractivity contribution in [1.29, 1.82) is 0 Å². The molecule has 1 saturated heterocycles. The molecule has 2 aliphatic carbocycles. The molecule has 1 heterocycles. The van der Waals surface area contributed by atoms with Gasteiger partial charge in [0.15, 0.2) is 0 Å². The van der Waals surface area contributed by atoms with E-state index in [1.807, 2.05) is 0 Å². The van der Waals surface area contributed by atoms with Gasteiger partial charge >= 0.3 is 0 Å². The van der Waals surface area contributed by atoms with Crippen molar-refractivity contribution in [1.82, 2.24) is 4.90 Å². The lowest BCUT2D eigenvalue weighted by Crippen LogP contribution is -2.56. The molecular formula is C12H22N2. The molecule has 14 heavy (non-hydrogen) atoms. The first-order valence-electron chi connectivity index (χ1n) is 6.32. The highest BCUT2D eigenvalue weighted by Gasteiger charge is 2.59. The Morgan fingerprint density at radius 3 is 2.50 bits per heavy atom. The standard InChI is InChI=1S/C12H22N2/c13-9-12(5-4-10-8-11(10)12)14-6-2-1-3-7-14/h10-11H,1-9,13H2. The third-order valence-electron chi connectivity index (χ3n) is 4.90. The topological polar surface area (TPSA) is 29.3 Å². The van der Waals surface area contributed by atoms with Crippen LogP contribution in [0.1, 0.15) is 38.5 Å². The monoisotopic (exact) mass is 194 g/mol. The zero-order valence-corrected chi connectivity index (χ0v) is 9.04. The predicted molar refractivity (Wildman–Crippen MR) is 58.0 cm³/mol. The molecular weight excluding hydrogens is 172 g/mol. The fourth-order valence-corrected chi connectivity index (χ4v) is 3.96. The maximum atomic E-state index is 6.08. The highest BCUT2D eigenvalue weighted by Crippen LogP contribution is 2.59. The Kier molecular flexibility index (Phi) is 2.10. The van der Waals surface area contributed by atoms with Gasteiger partial charge in [0.25, 0.3) is 0 Å². The summed E-state index contributed by atoms with van der Waals surface area (Å²) in [6.07, 6.45) is 8.56. The van der Waals surface area contributed by atoms with Crippen LogP contribution >= 0.6 is 0 Å². The summed E-state index contributed by atoms with van der Waals surface area (Å²) < 4.78 is 0. The van der Waals surface area contributed by atoms with Gasteiger partial charge in [-0.25, -0.2) is 0 Å². The fraction of sp³-hybridized carbons (Fsp3) is 1.00. The molecule has 1 aliphatic heterocycles. The Balaban J connectivity index is 1.78. The van der Waals surface area contributed by atoms with Gasteiger partial charge in [-0.2, -0.15) is 0 Å². The molecule has 0 amide bonds. The minimum atomic E-state index is 0.449. The van der Waals surface area contributed by atoms with E-state index in [-0.39, 0.29) is 0 Å². The van der Waals surface area contributed by atoms with Crippen molar-refractivity contribution in [3.8, 4) is 0 Å².